The van der Waals surface area contributed by atoms with Crippen molar-refractivity contribution in [1.82, 2.24) is 15.2 Å². The van der Waals surface area contributed by atoms with E-state index in [4.69, 9.17) is 5.26 Å². The highest BCUT2D eigenvalue weighted by Gasteiger charge is 1.96. The number of hydrogen-bond acceptors (Lipinski definition) is 4. The Morgan fingerprint density at radius 2 is 2.29 bits per heavy atom. The smallest absolute Gasteiger partial charge is 0.125 e. The van der Waals surface area contributed by atoms with Crippen molar-refractivity contribution in [2.75, 3.05) is 11.9 Å². The van der Waals surface area contributed by atoms with Crippen LogP contribution >= 0.6 is 0 Å². The van der Waals surface area contributed by atoms with E-state index in [1.54, 1.807) is 18.5 Å². The van der Waals surface area contributed by atoms with Crippen LogP contribution in [0.2, 0.25) is 0 Å². The first-order valence-electron chi connectivity index (χ1n) is 5.47. The minimum atomic E-state index is 0.577. The van der Waals surface area contributed by atoms with Gasteiger partial charge in [-0.15, -0.1) is 0 Å². The van der Waals surface area contributed by atoms with Gasteiger partial charge in [-0.1, -0.05) is 0 Å². The Morgan fingerprint density at radius 3 is 2.94 bits per heavy atom. The van der Waals surface area contributed by atoms with E-state index in [0.717, 1.165) is 30.9 Å². The molecule has 0 radical (unpaired) electrons. The quantitative estimate of drug-likeness (QED) is 0.762. The molecule has 2 aromatic rings. The number of aromatic amines is 1. The number of aromatic nitrogens is 3. The van der Waals surface area contributed by atoms with Crippen LogP contribution in [0.25, 0.3) is 0 Å². The Bertz CT molecular complexity index is 481. The number of H-pyrrole nitrogens is 1. The fourth-order valence-corrected chi connectivity index (χ4v) is 1.48. The first-order chi connectivity index (χ1) is 8.38. The number of nitriles is 1. The average molecular weight is 227 g/mol. The number of pyridine rings is 1. The Morgan fingerprint density at radius 1 is 1.35 bits per heavy atom. The van der Waals surface area contributed by atoms with Gasteiger partial charge in [-0.05, 0) is 31.0 Å². The van der Waals surface area contributed by atoms with Crippen molar-refractivity contribution < 1.29 is 0 Å². The Labute approximate surface area is 99.5 Å². The molecule has 0 unspecified atom stereocenters. The highest BCUT2D eigenvalue weighted by atomic mass is 15.1. The summed E-state index contributed by atoms with van der Waals surface area (Å²) in [5, 5.41) is 18.6. The van der Waals surface area contributed by atoms with Gasteiger partial charge >= 0.3 is 0 Å². The maximum absolute atomic E-state index is 8.63. The lowest BCUT2D eigenvalue weighted by Gasteiger charge is -2.04. The van der Waals surface area contributed by atoms with Gasteiger partial charge in [-0.2, -0.15) is 10.4 Å². The lowest BCUT2D eigenvalue weighted by molar-refractivity contribution is 0.824. The highest BCUT2D eigenvalue weighted by molar-refractivity contribution is 5.38. The normalized spacial score (nSPS) is 9.82. The zero-order valence-corrected chi connectivity index (χ0v) is 9.35. The van der Waals surface area contributed by atoms with Gasteiger partial charge in [0.2, 0.25) is 0 Å². The monoisotopic (exact) mass is 227 g/mol. The maximum Gasteiger partial charge on any atom is 0.125 e. The second-order valence-electron chi connectivity index (χ2n) is 3.66. The predicted molar refractivity (Wildman–Crippen MR) is 64.4 cm³/mol. The molecule has 2 N–H and O–H groups in total. The van der Waals surface area contributed by atoms with Crippen LogP contribution in [0.1, 0.15) is 17.7 Å². The van der Waals surface area contributed by atoms with E-state index in [-0.39, 0.29) is 0 Å². The third-order valence-electron chi connectivity index (χ3n) is 2.38. The zero-order valence-electron chi connectivity index (χ0n) is 9.35. The molecule has 0 aromatic carbocycles. The fourth-order valence-electron chi connectivity index (χ4n) is 1.48. The highest BCUT2D eigenvalue weighted by Crippen LogP contribution is 2.04. The van der Waals surface area contributed by atoms with Crippen molar-refractivity contribution >= 4 is 5.82 Å². The van der Waals surface area contributed by atoms with Crippen LogP contribution in [-0.4, -0.2) is 21.7 Å². The van der Waals surface area contributed by atoms with Crippen LogP contribution in [0.3, 0.4) is 0 Å². The molecular formula is C12H13N5. The van der Waals surface area contributed by atoms with Crippen LogP contribution < -0.4 is 5.32 Å². The van der Waals surface area contributed by atoms with Crippen LogP contribution in [-0.2, 0) is 6.42 Å². The van der Waals surface area contributed by atoms with Crippen LogP contribution in [0, 0.1) is 11.3 Å². The van der Waals surface area contributed by atoms with Crippen molar-refractivity contribution in [1.29, 1.82) is 5.26 Å². The van der Waals surface area contributed by atoms with E-state index in [1.807, 2.05) is 18.2 Å². The molecule has 0 spiro atoms. The predicted octanol–water partition coefficient (Wildman–Crippen LogP) is 1.72. The van der Waals surface area contributed by atoms with Gasteiger partial charge in [0.15, 0.2) is 0 Å². The topological polar surface area (TPSA) is 77.4 Å². The SMILES string of the molecule is N#Cc1ccc(NCCCc2ccn[nH]2)nc1. The number of anilines is 1. The summed E-state index contributed by atoms with van der Waals surface area (Å²) in [5.74, 6) is 0.800. The molecule has 2 heterocycles. The lowest BCUT2D eigenvalue weighted by Crippen LogP contribution is -2.04. The summed E-state index contributed by atoms with van der Waals surface area (Å²) < 4.78 is 0. The number of hydrogen-bond donors (Lipinski definition) is 2. The minimum absolute atomic E-state index is 0.577. The zero-order chi connectivity index (χ0) is 11.9. The first kappa shape index (κ1) is 11.1. The third-order valence-corrected chi connectivity index (χ3v) is 2.38. The van der Waals surface area contributed by atoms with E-state index in [2.05, 4.69) is 20.5 Å². The van der Waals surface area contributed by atoms with Gasteiger partial charge in [-0.3, -0.25) is 5.10 Å². The van der Waals surface area contributed by atoms with Gasteiger partial charge in [0.05, 0.1) is 5.56 Å². The van der Waals surface area contributed by atoms with Crippen molar-refractivity contribution in [3.8, 4) is 6.07 Å². The molecule has 0 aliphatic rings. The van der Waals surface area contributed by atoms with E-state index >= 15 is 0 Å². The summed E-state index contributed by atoms with van der Waals surface area (Å²) in [4.78, 5) is 4.13. The molecule has 0 aliphatic heterocycles. The number of nitrogens with zero attached hydrogens (tertiary/aromatic N) is 3. The second kappa shape index (κ2) is 5.66. The molecule has 0 aliphatic carbocycles. The standard InChI is InChI=1S/C12H13N5/c13-8-10-3-4-12(15-9-10)14-6-1-2-11-5-7-16-17-11/h3-5,7,9H,1-2,6H2,(H,14,15)(H,16,17). The summed E-state index contributed by atoms with van der Waals surface area (Å²) in [6, 6.07) is 7.58. The van der Waals surface area contributed by atoms with Crippen LogP contribution in [0.15, 0.2) is 30.6 Å². The van der Waals surface area contributed by atoms with Crippen molar-refractivity contribution in [2.24, 2.45) is 0 Å². The lowest BCUT2D eigenvalue weighted by atomic mass is 10.2. The Balaban J connectivity index is 1.73. The molecule has 2 rings (SSSR count). The molecule has 2 aromatic heterocycles. The molecular weight excluding hydrogens is 214 g/mol. The molecule has 17 heavy (non-hydrogen) atoms. The van der Waals surface area contributed by atoms with E-state index in [9.17, 15) is 0 Å². The summed E-state index contributed by atoms with van der Waals surface area (Å²) in [6.45, 7) is 0.845. The molecule has 0 amide bonds. The first-order valence-corrected chi connectivity index (χ1v) is 5.47. The molecule has 86 valence electrons. The number of rotatable bonds is 5. The van der Waals surface area contributed by atoms with Gasteiger partial charge in [0.25, 0.3) is 0 Å². The Hall–Kier alpha value is -2.35. The fraction of sp³-hybridized carbons (Fsp3) is 0.250. The van der Waals surface area contributed by atoms with E-state index in [1.165, 1.54) is 0 Å². The molecule has 0 bridgehead atoms. The Kier molecular flexibility index (Phi) is 3.71. The maximum atomic E-state index is 8.63. The largest absolute Gasteiger partial charge is 0.370 e. The van der Waals surface area contributed by atoms with Crippen LogP contribution in [0.5, 0.6) is 0 Å². The van der Waals surface area contributed by atoms with Gasteiger partial charge < -0.3 is 5.32 Å². The summed E-state index contributed by atoms with van der Waals surface area (Å²) in [7, 11) is 0. The summed E-state index contributed by atoms with van der Waals surface area (Å²) in [6.07, 6.45) is 5.29. The van der Waals surface area contributed by atoms with Gasteiger partial charge in [0.1, 0.15) is 11.9 Å². The van der Waals surface area contributed by atoms with Crippen molar-refractivity contribution in [3.63, 3.8) is 0 Å². The van der Waals surface area contributed by atoms with E-state index in [0.29, 0.717) is 5.56 Å². The second-order valence-corrected chi connectivity index (χ2v) is 3.66. The third kappa shape index (κ3) is 3.31. The van der Waals surface area contributed by atoms with Gasteiger partial charge in [-0.25, -0.2) is 4.98 Å². The van der Waals surface area contributed by atoms with Gasteiger partial charge in [0, 0.05) is 24.6 Å². The number of nitrogens with one attached hydrogen (secondary N) is 2. The van der Waals surface area contributed by atoms with Crippen molar-refractivity contribution in [3.05, 3.63) is 41.9 Å². The minimum Gasteiger partial charge on any atom is -0.370 e. The van der Waals surface area contributed by atoms with E-state index < -0.39 is 0 Å². The molecule has 0 saturated carbocycles. The molecule has 0 fully saturated rings. The molecule has 5 heteroatoms. The molecule has 5 nitrogen and oxygen atoms in total. The van der Waals surface area contributed by atoms with Crippen molar-refractivity contribution in [2.45, 2.75) is 12.8 Å². The van der Waals surface area contributed by atoms with Crippen LogP contribution in [0.4, 0.5) is 5.82 Å². The summed E-state index contributed by atoms with van der Waals surface area (Å²) in [5.41, 5.74) is 1.72. The average Bonchev–Trinajstić information content (AvgIpc) is 2.88. The molecule has 0 saturated heterocycles. The molecule has 0 atom stereocenters. The number of aryl methyl sites for hydroxylation is 1. The summed E-state index contributed by atoms with van der Waals surface area (Å²) >= 11 is 0.